The van der Waals surface area contributed by atoms with Crippen LogP contribution >= 0.6 is 0 Å². The van der Waals surface area contributed by atoms with Crippen molar-refractivity contribution in [3.8, 4) is 0 Å². The van der Waals surface area contributed by atoms with E-state index in [2.05, 4.69) is 17.1 Å². The molecule has 0 aliphatic carbocycles. The van der Waals surface area contributed by atoms with Gasteiger partial charge in [0.25, 0.3) is 0 Å². The molecule has 0 saturated carbocycles. The van der Waals surface area contributed by atoms with Crippen LogP contribution in [0.1, 0.15) is 6.92 Å². The van der Waals surface area contributed by atoms with Crippen molar-refractivity contribution >= 4 is 0 Å². The Hall–Kier alpha value is -0.160. The van der Waals surface area contributed by atoms with Crippen molar-refractivity contribution < 1.29 is 9.47 Å². The second-order valence-corrected chi connectivity index (χ2v) is 4.61. The van der Waals surface area contributed by atoms with Gasteiger partial charge in [-0.05, 0) is 14.0 Å². The molecule has 2 aliphatic rings. The molecule has 2 heterocycles. The van der Waals surface area contributed by atoms with Crippen molar-refractivity contribution in [3.63, 3.8) is 0 Å². The zero-order valence-electron chi connectivity index (χ0n) is 9.74. The molecule has 3 atom stereocenters. The zero-order chi connectivity index (χ0) is 10.7. The van der Waals surface area contributed by atoms with E-state index < -0.39 is 0 Å². The molecular weight excluding hydrogens is 192 g/mol. The van der Waals surface area contributed by atoms with Crippen LogP contribution in [0.2, 0.25) is 0 Å². The summed E-state index contributed by atoms with van der Waals surface area (Å²) in [5.41, 5.74) is 0. The molecular formula is C11H22N2O2. The van der Waals surface area contributed by atoms with Gasteiger partial charge < -0.3 is 14.8 Å². The van der Waals surface area contributed by atoms with Crippen LogP contribution in [-0.4, -0.2) is 63.5 Å². The lowest BCUT2D eigenvalue weighted by Gasteiger charge is -2.35. The lowest BCUT2D eigenvalue weighted by molar-refractivity contribution is -0.00879. The van der Waals surface area contributed by atoms with Gasteiger partial charge in [-0.1, -0.05) is 0 Å². The first-order valence-electron chi connectivity index (χ1n) is 5.88. The summed E-state index contributed by atoms with van der Waals surface area (Å²) in [6, 6.07) is 1.08. The summed E-state index contributed by atoms with van der Waals surface area (Å²) in [7, 11) is 2.02. The Morgan fingerprint density at radius 2 is 2.13 bits per heavy atom. The first-order chi connectivity index (χ1) is 7.31. The highest BCUT2D eigenvalue weighted by Crippen LogP contribution is 2.17. The molecule has 2 fully saturated rings. The predicted octanol–water partition coefficient (Wildman–Crippen LogP) is -0.0585. The number of likely N-dealkylation sites (N-methyl/N-ethyl adjacent to an activating group) is 1. The number of hydrogen-bond acceptors (Lipinski definition) is 4. The molecule has 15 heavy (non-hydrogen) atoms. The van der Waals surface area contributed by atoms with E-state index in [-0.39, 0.29) is 0 Å². The Morgan fingerprint density at radius 1 is 1.27 bits per heavy atom. The van der Waals surface area contributed by atoms with Crippen LogP contribution in [0, 0.1) is 5.92 Å². The average Bonchev–Trinajstić information content (AvgIpc) is 2.69. The van der Waals surface area contributed by atoms with Crippen molar-refractivity contribution in [2.24, 2.45) is 5.92 Å². The van der Waals surface area contributed by atoms with E-state index in [0.717, 1.165) is 39.5 Å². The molecule has 0 aromatic carbocycles. The largest absolute Gasteiger partial charge is 0.379 e. The summed E-state index contributed by atoms with van der Waals surface area (Å²) in [5, 5.41) is 3.34. The topological polar surface area (TPSA) is 33.7 Å². The maximum atomic E-state index is 5.52. The fraction of sp³-hybridized carbons (Fsp3) is 1.00. The van der Waals surface area contributed by atoms with Crippen molar-refractivity contribution in [2.45, 2.75) is 19.0 Å². The van der Waals surface area contributed by atoms with Gasteiger partial charge in [0.1, 0.15) is 0 Å². The van der Waals surface area contributed by atoms with Crippen molar-refractivity contribution in [1.82, 2.24) is 10.2 Å². The Balaban J connectivity index is 1.84. The molecule has 3 unspecified atom stereocenters. The molecule has 0 aromatic heterocycles. The third-order valence-electron chi connectivity index (χ3n) is 3.54. The smallest absolute Gasteiger partial charge is 0.0623 e. The molecule has 0 amide bonds. The van der Waals surface area contributed by atoms with Gasteiger partial charge in [-0.3, -0.25) is 4.90 Å². The summed E-state index contributed by atoms with van der Waals surface area (Å²) in [6.45, 7) is 7.95. The minimum atomic E-state index is 0.528. The molecule has 0 bridgehead atoms. The number of nitrogens with one attached hydrogen (secondary N) is 1. The minimum absolute atomic E-state index is 0.528. The standard InChI is InChI=1S/C11H22N2O2/c1-9-6-14-4-3-13(9)5-10-7-15-8-11(10)12-2/h9-12H,3-8H2,1-2H3. The quantitative estimate of drug-likeness (QED) is 0.714. The average molecular weight is 214 g/mol. The van der Waals surface area contributed by atoms with Gasteiger partial charge in [-0.2, -0.15) is 0 Å². The van der Waals surface area contributed by atoms with Gasteiger partial charge in [0.05, 0.1) is 26.4 Å². The zero-order valence-corrected chi connectivity index (χ0v) is 9.74. The number of ether oxygens (including phenoxy) is 2. The normalized spacial score (nSPS) is 38.4. The van der Waals surface area contributed by atoms with E-state index in [4.69, 9.17) is 9.47 Å². The van der Waals surface area contributed by atoms with Crippen LogP contribution in [0.25, 0.3) is 0 Å². The summed E-state index contributed by atoms with van der Waals surface area (Å²) in [6.07, 6.45) is 0. The highest BCUT2D eigenvalue weighted by molar-refractivity contribution is 4.84. The van der Waals surface area contributed by atoms with Gasteiger partial charge in [0.15, 0.2) is 0 Å². The maximum absolute atomic E-state index is 5.52. The Kier molecular flexibility index (Phi) is 3.97. The molecule has 1 N–H and O–H groups in total. The second kappa shape index (κ2) is 5.25. The molecule has 0 radical (unpaired) electrons. The Morgan fingerprint density at radius 3 is 2.87 bits per heavy atom. The van der Waals surface area contributed by atoms with E-state index >= 15 is 0 Å². The van der Waals surface area contributed by atoms with Crippen LogP contribution in [0.5, 0.6) is 0 Å². The van der Waals surface area contributed by atoms with Crippen LogP contribution in [0.3, 0.4) is 0 Å². The van der Waals surface area contributed by atoms with Crippen LogP contribution in [0.4, 0.5) is 0 Å². The van der Waals surface area contributed by atoms with Crippen molar-refractivity contribution in [2.75, 3.05) is 46.6 Å². The summed E-state index contributed by atoms with van der Waals surface area (Å²) < 4.78 is 11.0. The summed E-state index contributed by atoms with van der Waals surface area (Å²) >= 11 is 0. The molecule has 0 aromatic rings. The molecule has 2 saturated heterocycles. The molecule has 88 valence electrons. The molecule has 2 rings (SSSR count). The van der Waals surface area contributed by atoms with Crippen molar-refractivity contribution in [3.05, 3.63) is 0 Å². The third-order valence-corrected chi connectivity index (χ3v) is 3.54. The van der Waals surface area contributed by atoms with E-state index in [0.29, 0.717) is 18.0 Å². The van der Waals surface area contributed by atoms with Crippen LogP contribution in [0.15, 0.2) is 0 Å². The van der Waals surface area contributed by atoms with Crippen molar-refractivity contribution in [1.29, 1.82) is 0 Å². The van der Waals surface area contributed by atoms with Gasteiger partial charge in [-0.25, -0.2) is 0 Å². The number of nitrogens with zero attached hydrogens (tertiary/aromatic N) is 1. The number of morpholine rings is 1. The number of rotatable bonds is 3. The van der Waals surface area contributed by atoms with Gasteiger partial charge in [-0.15, -0.1) is 0 Å². The van der Waals surface area contributed by atoms with E-state index in [1.54, 1.807) is 0 Å². The maximum Gasteiger partial charge on any atom is 0.0623 e. The second-order valence-electron chi connectivity index (χ2n) is 4.61. The van der Waals surface area contributed by atoms with E-state index in [1.807, 2.05) is 7.05 Å². The van der Waals surface area contributed by atoms with Crippen LogP contribution < -0.4 is 5.32 Å². The lowest BCUT2D eigenvalue weighted by Crippen LogP contribution is -2.48. The molecule has 2 aliphatic heterocycles. The fourth-order valence-electron chi connectivity index (χ4n) is 2.43. The van der Waals surface area contributed by atoms with Gasteiger partial charge >= 0.3 is 0 Å². The van der Waals surface area contributed by atoms with E-state index in [1.165, 1.54) is 0 Å². The Labute approximate surface area is 91.9 Å². The van der Waals surface area contributed by atoms with E-state index in [9.17, 15) is 0 Å². The molecule has 4 heteroatoms. The van der Waals surface area contributed by atoms with Gasteiger partial charge in [0, 0.05) is 31.1 Å². The van der Waals surface area contributed by atoms with Crippen LogP contribution in [-0.2, 0) is 9.47 Å². The third kappa shape index (κ3) is 2.69. The Bertz CT molecular complexity index is 201. The number of hydrogen-bond donors (Lipinski definition) is 1. The molecule has 4 nitrogen and oxygen atoms in total. The summed E-state index contributed by atoms with van der Waals surface area (Å²) in [5.74, 6) is 0.635. The summed E-state index contributed by atoms with van der Waals surface area (Å²) in [4.78, 5) is 2.52. The predicted molar refractivity (Wildman–Crippen MR) is 59.0 cm³/mol. The minimum Gasteiger partial charge on any atom is -0.379 e. The monoisotopic (exact) mass is 214 g/mol. The van der Waals surface area contributed by atoms with Gasteiger partial charge in [0.2, 0.25) is 0 Å². The first kappa shape index (κ1) is 11.3. The first-order valence-corrected chi connectivity index (χ1v) is 5.88. The SMILES string of the molecule is CNC1COCC1CN1CCOCC1C. The highest BCUT2D eigenvalue weighted by atomic mass is 16.5. The molecule has 0 spiro atoms. The highest BCUT2D eigenvalue weighted by Gasteiger charge is 2.30. The fourth-order valence-corrected chi connectivity index (χ4v) is 2.43. The lowest BCUT2D eigenvalue weighted by atomic mass is 10.0.